The monoisotopic (exact) mass is 209 g/mol. The molecule has 1 aromatic carbocycles. The minimum Gasteiger partial charge on any atom is -0.379 e. The van der Waals surface area contributed by atoms with Crippen molar-refractivity contribution in [2.24, 2.45) is 0 Å². The van der Waals surface area contributed by atoms with Gasteiger partial charge in [0.2, 0.25) is 0 Å². The Bertz CT molecular complexity index is 293. The van der Waals surface area contributed by atoms with Crippen LogP contribution in [-0.2, 0) is 11.2 Å². The first-order valence-corrected chi connectivity index (χ1v) is 5.39. The third kappa shape index (κ3) is 3.29. The van der Waals surface area contributed by atoms with Crippen molar-refractivity contribution in [2.45, 2.75) is 6.42 Å². The van der Waals surface area contributed by atoms with Crippen LogP contribution in [0.25, 0.3) is 0 Å². The van der Waals surface area contributed by atoms with Gasteiger partial charge in [0.15, 0.2) is 0 Å². The molecule has 15 heavy (non-hydrogen) atoms. The maximum atomic E-state index is 12.7. The number of hydrogen-bond donors (Lipinski definition) is 0. The van der Waals surface area contributed by atoms with Crippen LogP contribution in [-0.4, -0.2) is 37.7 Å². The lowest BCUT2D eigenvalue weighted by Gasteiger charge is -2.26. The summed E-state index contributed by atoms with van der Waals surface area (Å²) in [6, 6.07) is 6.76. The summed E-state index contributed by atoms with van der Waals surface area (Å²) in [5.74, 6) is -0.162. The van der Waals surface area contributed by atoms with Crippen molar-refractivity contribution >= 4 is 0 Å². The summed E-state index contributed by atoms with van der Waals surface area (Å²) in [4.78, 5) is 2.38. The third-order valence-corrected chi connectivity index (χ3v) is 2.73. The minimum atomic E-state index is -0.162. The maximum Gasteiger partial charge on any atom is 0.123 e. The van der Waals surface area contributed by atoms with Gasteiger partial charge in [-0.25, -0.2) is 4.39 Å². The molecule has 0 bridgehead atoms. The molecule has 2 nitrogen and oxygen atoms in total. The van der Waals surface area contributed by atoms with Crippen molar-refractivity contribution < 1.29 is 9.13 Å². The van der Waals surface area contributed by atoms with E-state index in [9.17, 15) is 4.39 Å². The van der Waals surface area contributed by atoms with Crippen LogP contribution < -0.4 is 0 Å². The molecule has 82 valence electrons. The van der Waals surface area contributed by atoms with E-state index in [1.807, 2.05) is 12.1 Å². The number of morpholine rings is 1. The second-order valence-electron chi connectivity index (χ2n) is 3.83. The summed E-state index contributed by atoms with van der Waals surface area (Å²) >= 11 is 0. The molecule has 0 spiro atoms. The zero-order valence-electron chi connectivity index (χ0n) is 8.79. The largest absolute Gasteiger partial charge is 0.379 e. The van der Waals surface area contributed by atoms with Gasteiger partial charge in [0, 0.05) is 19.6 Å². The Hall–Kier alpha value is -0.930. The van der Waals surface area contributed by atoms with Gasteiger partial charge in [-0.1, -0.05) is 12.1 Å². The first-order valence-electron chi connectivity index (χ1n) is 5.39. The Morgan fingerprint density at radius 1 is 1.13 bits per heavy atom. The molecule has 0 aromatic heterocycles. The minimum absolute atomic E-state index is 0.162. The molecule has 0 amide bonds. The van der Waals surface area contributed by atoms with E-state index in [1.165, 1.54) is 17.7 Å². The van der Waals surface area contributed by atoms with Crippen molar-refractivity contribution in [3.05, 3.63) is 35.6 Å². The fourth-order valence-electron chi connectivity index (χ4n) is 1.76. The summed E-state index contributed by atoms with van der Waals surface area (Å²) in [5.41, 5.74) is 1.20. The highest BCUT2D eigenvalue weighted by Crippen LogP contribution is 2.05. The summed E-state index contributed by atoms with van der Waals surface area (Å²) in [5, 5.41) is 0. The van der Waals surface area contributed by atoms with Crippen LogP contribution in [0.15, 0.2) is 24.3 Å². The Kier molecular flexibility index (Phi) is 3.69. The zero-order valence-corrected chi connectivity index (χ0v) is 8.79. The van der Waals surface area contributed by atoms with Gasteiger partial charge in [-0.2, -0.15) is 0 Å². The highest BCUT2D eigenvalue weighted by atomic mass is 19.1. The predicted molar refractivity (Wildman–Crippen MR) is 57.4 cm³/mol. The van der Waals surface area contributed by atoms with Gasteiger partial charge in [0.25, 0.3) is 0 Å². The number of benzene rings is 1. The van der Waals surface area contributed by atoms with Gasteiger partial charge in [0.1, 0.15) is 5.82 Å². The normalized spacial score (nSPS) is 17.9. The van der Waals surface area contributed by atoms with E-state index in [2.05, 4.69) is 4.90 Å². The molecule has 0 atom stereocenters. The second kappa shape index (κ2) is 5.24. The van der Waals surface area contributed by atoms with E-state index in [-0.39, 0.29) is 5.82 Å². The highest BCUT2D eigenvalue weighted by Gasteiger charge is 2.09. The molecule has 1 aromatic rings. The molecule has 1 aliphatic heterocycles. The van der Waals surface area contributed by atoms with E-state index in [0.717, 1.165) is 39.3 Å². The van der Waals surface area contributed by atoms with Crippen LogP contribution in [0.4, 0.5) is 4.39 Å². The summed E-state index contributed by atoms with van der Waals surface area (Å²) < 4.78 is 17.9. The van der Waals surface area contributed by atoms with Gasteiger partial charge >= 0.3 is 0 Å². The SMILES string of the molecule is Fc1ccc(CCN2CCOCC2)cc1. The van der Waals surface area contributed by atoms with Gasteiger partial charge < -0.3 is 4.74 Å². The lowest BCUT2D eigenvalue weighted by Crippen LogP contribution is -2.37. The molecule has 0 N–H and O–H groups in total. The number of halogens is 1. The molecule has 0 unspecified atom stereocenters. The zero-order chi connectivity index (χ0) is 10.5. The fraction of sp³-hybridized carbons (Fsp3) is 0.500. The Morgan fingerprint density at radius 2 is 1.80 bits per heavy atom. The first kappa shape index (κ1) is 10.6. The van der Waals surface area contributed by atoms with E-state index >= 15 is 0 Å². The highest BCUT2D eigenvalue weighted by molar-refractivity contribution is 5.16. The van der Waals surface area contributed by atoms with Crippen molar-refractivity contribution in [1.29, 1.82) is 0 Å². The molecule has 1 fully saturated rings. The smallest absolute Gasteiger partial charge is 0.123 e. The van der Waals surface area contributed by atoms with Crippen molar-refractivity contribution in [3.63, 3.8) is 0 Å². The predicted octanol–water partition coefficient (Wildman–Crippen LogP) is 1.70. The average molecular weight is 209 g/mol. The summed E-state index contributed by atoms with van der Waals surface area (Å²) in [7, 11) is 0. The molecule has 2 rings (SSSR count). The Morgan fingerprint density at radius 3 is 2.47 bits per heavy atom. The molecule has 1 aliphatic rings. The van der Waals surface area contributed by atoms with Crippen LogP contribution in [0.3, 0.4) is 0 Å². The van der Waals surface area contributed by atoms with E-state index in [0.29, 0.717) is 0 Å². The van der Waals surface area contributed by atoms with Crippen molar-refractivity contribution in [3.8, 4) is 0 Å². The lowest BCUT2D eigenvalue weighted by atomic mass is 10.1. The maximum absolute atomic E-state index is 12.7. The lowest BCUT2D eigenvalue weighted by molar-refractivity contribution is 0.0384. The van der Waals surface area contributed by atoms with Crippen LogP contribution in [0, 0.1) is 5.82 Å². The van der Waals surface area contributed by atoms with Crippen LogP contribution in [0.5, 0.6) is 0 Å². The van der Waals surface area contributed by atoms with E-state index in [4.69, 9.17) is 4.74 Å². The average Bonchev–Trinajstić information content (AvgIpc) is 2.30. The Labute approximate surface area is 89.7 Å². The van der Waals surface area contributed by atoms with Crippen molar-refractivity contribution in [2.75, 3.05) is 32.8 Å². The van der Waals surface area contributed by atoms with Gasteiger partial charge in [0.05, 0.1) is 13.2 Å². The number of nitrogens with zero attached hydrogens (tertiary/aromatic N) is 1. The van der Waals surface area contributed by atoms with Crippen molar-refractivity contribution in [1.82, 2.24) is 4.90 Å². The Balaban J connectivity index is 1.79. The van der Waals surface area contributed by atoms with Crippen LogP contribution >= 0.6 is 0 Å². The van der Waals surface area contributed by atoms with E-state index < -0.39 is 0 Å². The molecule has 3 heteroatoms. The molecule has 0 radical (unpaired) electrons. The number of ether oxygens (including phenoxy) is 1. The number of hydrogen-bond acceptors (Lipinski definition) is 2. The molecular formula is C12H16FNO. The van der Waals surface area contributed by atoms with Crippen LogP contribution in [0.2, 0.25) is 0 Å². The topological polar surface area (TPSA) is 12.5 Å². The third-order valence-electron chi connectivity index (χ3n) is 2.73. The first-order chi connectivity index (χ1) is 7.34. The number of rotatable bonds is 3. The summed E-state index contributed by atoms with van der Waals surface area (Å²) in [6.07, 6.45) is 0.986. The molecule has 0 saturated carbocycles. The van der Waals surface area contributed by atoms with Gasteiger partial charge in [-0.15, -0.1) is 0 Å². The molecular weight excluding hydrogens is 193 g/mol. The quantitative estimate of drug-likeness (QED) is 0.751. The molecule has 0 aliphatic carbocycles. The fourth-order valence-corrected chi connectivity index (χ4v) is 1.76. The molecule has 1 heterocycles. The summed E-state index contributed by atoms with van der Waals surface area (Å²) in [6.45, 7) is 4.74. The van der Waals surface area contributed by atoms with Gasteiger partial charge in [-0.05, 0) is 24.1 Å². The second-order valence-corrected chi connectivity index (χ2v) is 3.83. The van der Waals surface area contributed by atoms with E-state index in [1.54, 1.807) is 0 Å². The van der Waals surface area contributed by atoms with Gasteiger partial charge in [-0.3, -0.25) is 4.90 Å². The standard InChI is InChI=1S/C12H16FNO/c13-12-3-1-11(2-4-12)5-6-14-7-9-15-10-8-14/h1-4H,5-10H2. The van der Waals surface area contributed by atoms with Crippen LogP contribution in [0.1, 0.15) is 5.56 Å². The molecule has 1 saturated heterocycles.